The van der Waals surface area contributed by atoms with Crippen LogP contribution in [0.15, 0.2) is 30.3 Å². The van der Waals surface area contributed by atoms with Gasteiger partial charge in [-0.15, -0.1) is 0 Å². The molecule has 1 aliphatic carbocycles. The molecule has 2 aliphatic heterocycles. The van der Waals surface area contributed by atoms with Crippen LogP contribution in [0.3, 0.4) is 0 Å². The molecule has 0 spiro atoms. The van der Waals surface area contributed by atoms with Gasteiger partial charge in [0.2, 0.25) is 23.6 Å². The molecule has 3 aliphatic rings. The molecule has 4 N–H and O–H groups in total. The molecule has 0 radical (unpaired) electrons. The lowest BCUT2D eigenvalue weighted by atomic mass is 9.91. The summed E-state index contributed by atoms with van der Waals surface area (Å²) in [6, 6.07) is 6.91. The van der Waals surface area contributed by atoms with E-state index in [1.54, 1.807) is 12.1 Å². The van der Waals surface area contributed by atoms with Gasteiger partial charge in [0.1, 0.15) is 24.4 Å². The van der Waals surface area contributed by atoms with E-state index in [-0.39, 0.29) is 89.3 Å². The summed E-state index contributed by atoms with van der Waals surface area (Å²) in [5.74, 6) is -3.53. The minimum absolute atomic E-state index is 0.122. The lowest BCUT2D eigenvalue weighted by Gasteiger charge is -2.31. The standard InChI is InChI=1S/C31H45F2N5O7/c32-31(33)11-9-22(10-12-31)36-23-18-26-29(41)35-14-15-43-16-17-44-20-28(40)37-25(30(42)38(26)19-23)8-4-5-13-34-27(39)21-45-24-6-2-1-3-7-24/h1-3,6-7,22-23,25-26,36H,4-5,8-21H2,(H,34,39)(H,35,41)(H,37,40)/t23-,25-,26-/m0/s1. The van der Waals surface area contributed by atoms with Crippen LogP contribution in [0.25, 0.3) is 0 Å². The molecule has 2 heterocycles. The molecule has 0 aromatic heterocycles. The average Bonchev–Trinajstić information content (AvgIpc) is 3.45. The fourth-order valence-corrected chi connectivity index (χ4v) is 5.85. The number of hydrogen-bond acceptors (Lipinski definition) is 8. The first-order chi connectivity index (χ1) is 21.7. The first-order valence-electron chi connectivity index (χ1n) is 15.8. The molecule has 1 saturated carbocycles. The van der Waals surface area contributed by atoms with Crippen LogP contribution in [-0.2, 0) is 28.7 Å². The van der Waals surface area contributed by atoms with Crippen molar-refractivity contribution in [3.63, 3.8) is 0 Å². The summed E-state index contributed by atoms with van der Waals surface area (Å²) < 4.78 is 43.7. The molecule has 0 bridgehead atoms. The molecule has 14 heteroatoms. The maximum absolute atomic E-state index is 13.9. The van der Waals surface area contributed by atoms with E-state index < -0.39 is 29.8 Å². The van der Waals surface area contributed by atoms with E-state index in [0.717, 1.165) is 0 Å². The molecule has 3 atom stereocenters. The maximum Gasteiger partial charge on any atom is 0.257 e. The normalized spacial score (nSPS) is 25.3. The van der Waals surface area contributed by atoms with Crippen LogP contribution in [0.2, 0.25) is 0 Å². The summed E-state index contributed by atoms with van der Waals surface area (Å²) in [6.45, 7) is 1.12. The highest BCUT2D eigenvalue weighted by molar-refractivity contribution is 5.93. The Morgan fingerprint density at radius 3 is 2.56 bits per heavy atom. The van der Waals surface area contributed by atoms with E-state index in [4.69, 9.17) is 14.2 Å². The highest BCUT2D eigenvalue weighted by Gasteiger charge is 2.43. The summed E-state index contributed by atoms with van der Waals surface area (Å²) in [4.78, 5) is 53.5. The van der Waals surface area contributed by atoms with Crippen molar-refractivity contribution in [1.29, 1.82) is 0 Å². The third kappa shape index (κ3) is 11.5. The Balaban J connectivity index is 1.34. The van der Waals surface area contributed by atoms with Crippen molar-refractivity contribution in [2.24, 2.45) is 0 Å². The molecule has 0 unspecified atom stereocenters. The number of para-hydroxylation sites is 1. The zero-order chi connectivity index (χ0) is 32.1. The molecule has 45 heavy (non-hydrogen) atoms. The van der Waals surface area contributed by atoms with Gasteiger partial charge in [-0.3, -0.25) is 19.2 Å². The van der Waals surface area contributed by atoms with Crippen LogP contribution in [0.1, 0.15) is 51.4 Å². The third-order valence-electron chi connectivity index (χ3n) is 8.21. The van der Waals surface area contributed by atoms with Crippen molar-refractivity contribution in [2.45, 2.75) is 81.5 Å². The van der Waals surface area contributed by atoms with E-state index in [1.165, 1.54) is 4.90 Å². The van der Waals surface area contributed by atoms with E-state index >= 15 is 0 Å². The van der Waals surface area contributed by atoms with Crippen LogP contribution < -0.4 is 26.0 Å². The zero-order valence-electron chi connectivity index (χ0n) is 25.6. The van der Waals surface area contributed by atoms with Gasteiger partial charge in [0.25, 0.3) is 5.91 Å². The molecule has 4 amide bonds. The number of benzene rings is 1. The second-order valence-corrected chi connectivity index (χ2v) is 11.8. The van der Waals surface area contributed by atoms with Gasteiger partial charge >= 0.3 is 0 Å². The van der Waals surface area contributed by atoms with Crippen LogP contribution in [0, 0.1) is 0 Å². The number of nitrogens with one attached hydrogen (secondary N) is 4. The SMILES string of the molecule is O=C(COc1ccccc1)NCCCC[C@@H]1NC(=O)COCCOCCNC(=O)[C@@H]2C[C@H](NC3CCC(F)(F)CC3)CN2C1=O. The van der Waals surface area contributed by atoms with Crippen molar-refractivity contribution in [3.05, 3.63) is 30.3 Å². The van der Waals surface area contributed by atoms with Gasteiger partial charge in [-0.25, -0.2) is 8.78 Å². The predicted octanol–water partition coefficient (Wildman–Crippen LogP) is 1.14. The van der Waals surface area contributed by atoms with Crippen molar-refractivity contribution in [2.75, 3.05) is 52.7 Å². The average molecular weight is 638 g/mol. The first-order valence-corrected chi connectivity index (χ1v) is 15.8. The Labute approximate surface area is 262 Å². The molecule has 250 valence electrons. The van der Waals surface area contributed by atoms with Crippen LogP contribution >= 0.6 is 0 Å². The molecule has 2 saturated heterocycles. The van der Waals surface area contributed by atoms with Crippen LogP contribution in [-0.4, -0.2) is 111 Å². The molecule has 12 nitrogen and oxygen atoms in total. The second kappa shape index (κ2) is 17.4. The second-order valence-electron chi connectivity index (χ2n) is 11.8. The van der Waals surface area contributed by atoms with E-state index in [2.05, 4.69) is 21.3 Å². The predicted molar refractivity (Wildman–Crippen MR) is 160 cm³/mol. The Morgan fingerprint density at radius 2 is 1.78 bits per heavy atom. The smallest absolute Gasteiger partial charge is 0.257 e. The van der Waals surface area contributed by atoms with E-state index in [1.807, 2.05) is 18.2 Å². The highest BCUT2D eigenvalue weighted by atomic mass is 19.3. The summed E-state index contributed by atoms with van der Waals surface area (Å²) in [7, 11) is 0. The first kappa shape index (κ1) is 34.5. The number of halogens is 2. The lowest BCUT2D eigenvalue weighted by molar-refractivity contribution is -0.142. The Hall–Kier alpha value is -3.36. The van der Waals surface area contributed by atoms with E-state index in [9.17, 15) is 28.0 Å². The van der Waals surface area contributed by atoms with E-state index in [0.29, 0.717) is 44.4 Å². The van der Waals surface area contributed by atoms with Crippen molar-refractivity contribution >= 4 is 23.6 Å². The summed E-state index contributed by atoms with van der Waals surface area (Å²) in [5.41, 5.74) is 0. The molecular formula is C31H45F2N5O7. The molecular weight excluding hydrogens is 592 g/mol. The highest BCUT2D eigenvalue weighted by Crippen LogP contribution is 2.34. The molecule has 1 aromatic carbocycles. The minimum Gasteiger partial charge on any atom is -0.484 e. The monoisotopic (exact) mass is 637 g/mol. The van der Waals surface area contributed by atoms with Gasteiger partial charge in [-0.2, -0.15) is 0 Å². The van der Waals surface area contributed by atoms with Crippen LogP contribution in [0.4, 0.5) is 8.78 Å². The van der Waals surface area contributed by atoms with Crippen molar-refractivity contribution < 1.29 is 42.2 Å². The Bertz CT molecular complexity index is 1120. The minimum atomic E-state index is -2.66. The van der Waals surface area contributed by atoms with Gasteiger partial charge in [0, 0.05) is 44.6 Å². The quantitative estimate of drug-likeness (QED) is 0.280. The molecule has 4 rings (SSSR count). The Morgan fingerprint density at radius 1 is 1.02 bits per heavy atom. The fourth-order valence-electron chi connectivity index (χ4n) is 5.85. The summed E-state index contributed by atoms with van der Waals surface area (Å²) >= 11 is 0. The number of unbranched alkanes of at least 4 members (excludes halogenated alkanes) is 1. The molecule has 3 fully saturated rings. The van der Waals surface area contributed by atoms with Crippen molar-refractivity contribution in [1.82, 2.24) is 26.2 Å². The van der Waals surface area contributed by atoms with Crippen LogP contribution in [0.5, 0.6) is 5.75 Å². The number of hydrogen-bond donors (Lipinski definition) is 4. The number of nitrogens with zero attached hydrogens (tertiary/aromatic N) is 1. The fraction of sp³-hybridized carbons (Fsp3) is 0.677. The zero-order valence-corrected chi connectivity index (χ0v) is 25.6. The summed E-state index contributed by atoms with van der Waals surface area (Å²) in [5, 5.41) is 11.8. The van der Waals surface area contributed by atoms with Gasteiger partial charge < -0.3 is 40.4 Å². The van der Waals surface area contributed by atoms with Gasteiger partial charge in [0.05, 0.1) is 19.8 Å². The number of carbonyl (C=O) groups is 4. The number of alkyl halides is 2. The van der Waals surface area contributed by atoms with Gasteiger partial charge in [0.15, 0.2) is 6.61 Å². The van der Waals surface area contributed by atoms with Crippen molar-refractivity contribution in [3.8, 4) is 5.75 Å². The number of carbonyl (C=O) groups excluding carboxylic acids is 4. The third-order valence-corrected chi connectivity index (χ3v) is 8.21. The largest absolute Gasteiger partial charge is 0.484 e. The number of fused-ring (bicyclic) bond motifs is 1. The summed E-state index contributed by atoms with van der Waals surface area (Å²) in [6.07, 6.45) is 1.91. The number of ether oxygens (including phenoxy) is 3. The maximum atomic E-state index is 13.9. The number of rotatable bonds is 10. The Kier molecular flexibility index (Phi) is 13.3. The topological polar surface area (TPSA) is 147 Å². The number of amides is 4. The lowest BCUT2D eigenvalue weighted by Crippen LogP contribution is -2.54. The van der Waals surface area contributed by atoms with Gasteiger partial charge in [-0.1, -0.05) is 18.2 Å². The van der Waals surface area contributed by atoms with Gasteiger partial charge in [-0.05, 0) is 50.7 Å². The molecule has 1 aromatic rings.